The molecule has 1 unspecified atom stereocenters. The first-order chi connectivity index (χ1) is 13.1. The van der Waals surface area contributed by atoms with Crippen LogP contribution in [0.2, 0.25) is 0 Å². The summed E-state index contributed by atoms with van der Waals surface area (Å²) in [4.78, 5) is 9.05. The van der Waals surface area contributed by atoms with Gasteiger partial charge in [0.15, 0.2) is 11.6 Å². The molecular formula is C19H21BrN6O. The highest BCUT2D eigenvalue weighted by molar-refractivity contribution is 9.10. The van der Waals surface area contributed by atoms with Gasteiger partial charge < -0.3 is 15.7 Å². The summed E-state index contributed by atoms with van der Waals surface area (Å²) in [6.07, 6.45) is 2.43. The van der Waals surface area contributed by atoms with E-state index in [2.05, 4.69) is 46.7 Å². The summed E-state index contributed by atoms with van der Waals surface area (Å²) in [5, 5.41) is 23.6. The van der Waals surface area contributed by atoms with Gasteiger partial charge in [0.1, 0.15) is 0 Å². The number of benzene rings is 1. The summed E-state index contributed by atoms with van der Waals surface area (Å²) in [6, 6.07) is 11.5. The van der Waals surface area contributed by atoms with Crippen molar-refractivity contribution in [3.05, 3.63) is 57.8 Å². The van der Waals surface area contributed by atoms with Crippen LogP contribution in [0.5, 0.6) is 0 Å². The van der Waals surface area contributed by atoms with E-state index in [1.54, 1.807) is 0 Å². The van der Waals surface area contributed by atoms with Crippen molar-refractivity contribution in [3.63, 3.8) is 0 Å². The number of anilines is 3. The number of aliphatic hydroxyl groups is 1. The fraction of sp³-hybridized carbons (Fsp3) is 0.316. The molecule has 4 N–H and O–H groups in total. The van der Waals surface area contributed by atoms with Gasteiger partial charge in [-0.1, -0.05) is 30.3 Å². The molecule has 7 nitrogen and oxygen atoms in total. The molecule has 1 aromatic carbocycles. The molecule has 1 aliphatic carbocycles. The van der Waals surface area contributed by atoms with Crippen LogP contribution in [0.1, 0.15) is 41.8 Å². The smallest absolute Gasteiger partial charge is 0.225 e. The zero-order chi connectivity index (χ0) is 18.8. The summed E-state index contributed by atoms with van der Waals surface area (Å²) in [5.41, 5.74) is 2.92. The van der Waals surface area contributed by atoms with Crippen molar-refractivity contribution in [1.82, 2.24) is 20.2 Å². The van der Waals surface area contributed by atoms with Gasteiger partial charge in [-0.05, 0) is 41.3 Å². The molecule has 0 aliphatic heterocycles. The first-order valence-electron chi connectivity index (χ1n) is 8.93. The topological polar surface area (TPSA) is 98.8 Å². The monoisotopic (exact) mass is 428 g/mol. The Morgan fingerprint density at radius 1 is 1.26 bits per heavy atom. The molecular weight excluding hydrogens is 408 g/mol. The highest BCUT2D eigenvalue weighted by Crippen LogP contribution is 2.40. The van der Waals surface area contributed by atoms with Gasteiger partial charge in [-0.3, -0.25) is 5.10 Å². The Morgan fingerprint density at radius 2 is 2.04 bits per heavy atom. The molecule has 1 atom stereocenters. The first-order valence-corrected chi connectivity index (χ1v) is 9.72. The van der Waals surface area contributed by atoms with Crippen molar-refractivity contribution in [2.24, 2.45) is 0 Å². The van der Waals surface area contributed by atoms with Gasteiger partial charge in [-0.25, -0.2) is 4.98 Å². The lowest BCUT2D eigenvalue weighted by Gasteiger charge is -2.18. The first kappa shape index (κ1) is 17.9. The van der Waals surface area contributed by atoms with Crippen LogP contribution in [0.25, 0.3) is 0 Å². The third-order valence-corrected chi connectivity index (χ3v) is 5.52. The average Bonchev–Trinajstić information content (AvgIpc) is 3.43. The Kier molecular flexibility index (Phi) is 5.09. The number of rotatable bonds is 7. The fourth-order valence-corrected chi connectivity index (χ4v) is 3.18. The Hall–Kier alpha value is -2.45. The second kappa shape index (κ2) is 7.66. The minimum atomic E-state index is -0.286. The van der Waals surface area contributed by atoms with Crippen molar-refractivity contribution in [2.75, 3.05) is 17.2 Å². The number of aromatic amines is 1. The van der Waals surface area contributed by atoms with E-state index < -0.39 is 0 Å². The second-order valence-corrected chi connectivity index (χ2v) is 7.49. The van der Waals surface area contributed by atoms with Crippen LogP contribution >= 0.6 is 15.9 Å². The number of halogens is 1. The Bertz CT molecular complexity index is 925. The molecule has 0 radical (unpaired) electrons. The minimum absolute atomic E-state index is 0.0602. The average molecular weight is 429 g/mol. The van der Waals surface area contributed by atoms with E-state index >= 15 is 0 Å². The summed E-state index contributed by atoms with van der Waals surface area (Å²) < 4.78 is 0.782. The summed E-state index contributed by atoms with van der Waals surface area (Å²) in [6.45, 7) is 1.84. The Labute approximate surface area is 165 Å². The number of nitrogens with zero attached hydrogens (tertiary/aromatic N) is 3. The van der Waals surface area contributed by atoms with Gasteiger partial charge in [-0.2, -0.15) is 10.1 Å². The number of aromatic nitrogens is 4. The van der Waals surface area contributed by atoms with Crippen LogP contribution < -0.4 is 10.6 Å². The maximum Gasteiger partial charge on any atom is 0.225 e. The summed E-state index contributed by atoms with van der Waals surface area (Å²) >= 11 is 3.55. The van der Waals surface area contributed by atoms with Crippen molar-refractivity contribution in [1.29, 1.82) is 0 Å². The summed E-state index contributed by atoms with van der Waals surface area (Å²) in [5.74, 6) is 2.41. The molecule has 0 amide bonds. The highest BCUT2D eigenvalue weighted by Gasteiger charge is 2.25. The molecule has 2 aromatic heterocycles. The number of nitrogens with one attached hydrogen (secondary N) is 3. The van der Waals surface area contributed by atoms with Crippen molar-refractivity contribution in [2.45, 2.75) is 31.7 Å². The second-order valence-electron chi connectivity index (χ2n) is 6.69. The largest absolute Gasteiger partial charge is 0.394 e. The van der Waals surface area contributed by atoms with E-state index in [-0.39, 0.29) is 12.6 Å². The SMILES string of the molecule is Cc1nc(NC(CO)c2ccccc2)nc(Nc2cc(C3CC3)[nH]n2)c1Br. The number of aryl methyl sites for hydroxylation is 1. The fourth-order valence-electron chi connectivity index (χ4n) is 2.91. The number of H-pyrrole nitrogens is 1. The number of aliphatic hydroxyl groups excluding tert-OH is 1. The van der Waals surface area contributed by atoms with Crippen LogP contribution in [0.15, 0.2) is 40.9 Å². The lowest BCUT2D eigenvalue weighted by molar-refractivity contribution is 0.276. The number of hydrogen-bond acceptors (Lipinski definition) is 6. The molecule has 4 rings (SSSR count). The van der Waals surface area contributed by atoms with Gasteiger partial charge in [0.05, 0.1) is 22.8 Å². The van der Waals surface area contributed by atoms with Gasteiger partial charge >= 0.3 is 0 Å². The van der Waals surface area contributed by atoms with Crippen molar-refractivity contribution < 1.29 is 5.11 Å². The predicted molar refractivity (Wildman–Crippen MR) is 108 cm³/mol. The lowest BCUT2D eigenvalue weighted by Crippen LogP contribution is -2.17. The van der Waals surface area contributed by atoms with Gasteiger partial charge in [0.2, 0.25) is 5.95 Å². The van der Waals surface area contributed by atoms with E-state index in [0.717, 1.165) is 27.2 Å². The summed E-state index contributed by atoms with van der Waals surface area (Å²) in [7, 11) is 0. The molecule has 1 fully saturated rings. The molecule has 1 saturated carbocycles. The maximum atomic E-state index is 9.77. The van der Waals surface area contributed by atoms with E-state index in [0.29, 0.717) is 17.7 Å². The zero-order valence-corrected chi connectivity index (χ0v) is 16.5. The van der Waals surface area contributed by atoms with E-state index in [9.17, 15) is 5.11 Å². The molecule has 27 heavy (non-hydrogen) atoms. The molecule has 8 heteroatoms. The Balaban J connectivity index is 1.56. The minimum Gasteiger partial charge on any atom is -0.394 e. The third-order valence-electron chi connectivity index (χ3n) is 4.57. The quantitative estimate of drug-likeness (QED) is 0.453. The molecule has 1 aliphatic rings. The number of hydrogen-bond donors (Lipinski definition) is 4. The normalized spacial score (nSPS) is 14.8. The third kappa shape index (κ3) is 4.12. The molecule has 3 aromatic rings. The molecule has 2 heterocycles. The molecule has 140 valence electrons. The van der Waals surface area contributed by atoms with Crippen LogP contribution in [0, 0.1) is 6.92 Å². The zero-order valence-electron chi connectivity index (χ0n) is 14.9. The predicted octanol–water partition coefficient (Wildman–Crippen LogP) is 4.04. The van der Waals surface area contributed by atoms with Crippen LogP contribution in [-0.4, -0.2) is 31.9 Å². The van der Waals surface area contributed by atoms with Gasteiger partial charge in [0, 0.05) is 17.7 Å². The van der Waals surface area contributed by atoms with E-state index in [1.165, 1.54) is 12.8 Å². The van der Waals surface area contributed by atoms with E-state index in [1.807, 2.05) is 43.3 Å². The van der Waals surface area contributed by atoms with Crippen molar-refractivity contribution in [3.8, 4) is 0 Å². The van der Waals surface area contributed by atoms with Crippen molar-refractivity contribution >= 4 is 33.5 Å². The molecule has 0 spiro atoms. The van der Waals surface area contributed by atoms with Gasteiger partial charge in [-0.15, -0.1) is 0 Å². The molecule has 0 bridgehead atoms. The standard InChI is InChI=1S/C19H21BrN6O/c1-11-17(20)18(23-16-9-14(25-26-16)13-7-8-13)24-19(21-11)22-15(10-27)12-5-3-2-4-6-12/h2-6,9,13,15,27H,7-8,10H2,1H3,(H3,21,22,23,24,25,26). The Morgan fingerprint density at radius 3 is 2.74 bits per heavy atom. The molecule has 0 saturated heterocycles. The maximum absolute atomic E-state index is 9.77. The van der Waals surface area contributed by atoms with E-state index in [4.69, 9.17) is 0 Å². The van der Waals surface area contributed by atoms with Gasteiger partial charge in [0.25, 0.3) is 0 Å². The van der Waals surface area contributed by atoms with Crippen LogP contribution in [0.4, 0.5) is 17.6 Å². The van der Waals surface area contributed by atoms with Crippen LogP contribution in [0.3, 0.4) is 0 Å². The van der Waals surface area contributed by atoms with Crippen LogP contribution in [-0.2, 0) is 0 Å². The highest BCUT2D eigenvalue weighted by atomic mass is 79.9. The lowest BCUT2D eigenvalue weighted by atomic mass is 10.1.